The molecule has 0 spiro atoms. The van der Waals surface area contributed by atoms with Crippen LogP contribution in [-0.4, -0.2) is 37.2 Å². The van der Waals surface area contributed by atoms with E-state index in [0.29, 0.717) is 25.7 Å². The van der Waals surface area contributed by atoms with Gasteiger partial charge in [-0.05, 0) is 128 Å². The number of rotatable bonds is 50. The van der Waals surface area contributed by atoms with E-state index in [2.05, 4.69) is 179 Å². The lowest BCUT2D eigenvalue weighted by Gasteiger charge is -2.18. The predicted octanol–water partition coefficient (Wildman–Crippen LogP) is 19.8. The molecular formula is C67H104O6. The van der Waals surface area contributed by atoms with E-state index in [1.165, 1.54) is 19.3 Å². The summed E-state index contributed by atoms with van der Waals surface area (Å²) in [5.74, 6) is -0.985. The molecule has 0 rings (SSSR count). The van der Waals surface area contributed by atoms with Crippen molar-refractivity contribution in [1.29, 1.82) is 0 Å². The number of hydrogen-bond donors (Lipinski definition) is 0. The maximum Gasteiger partial charge on any atom is 0.306 e. The summed E-state index contributed by atoms with van der Waals surface area (Å²) in [4.78, 5) is 37.8. The first-order valence-electron chi connectivity index (χ1n) is 29.0. The molecule has 0 saturated carbocycles. The fraction of sp³-hybridized carbons (Fsp3) is 0.567. The fourth-order valence-electron chi connectivity index (χ4n) is 7.25. The first kappa shape index (κ1) is 68.0. The summed E-state index contributed by atoms with van der Waals surface area (Å²) in [7, 11) is 0. The van der Waals surface area contributed by atoms with Crippen LogP contribution in [0.4, 0.5) is 0 Å². The number of carbonyl (C=O) groups excluding carboxylic acids is 3. The second-order valence-corrected chi connectivity index (χ2v) is 18.4. The van der Waals surface area contributed by atoms with Crippen molar-refractivity contribution in [1.82, 2.24) is 0 Å². The molecule has 408 valence electrons. The lowest BCUT2D eigenvalue weighted by atomic mass is 10.1. The third-order valence-electron chi connectivity index (χ3n) is 11.5. The molecule has 0 N–H and O–H groups in total. The van der Waals surface area contributed by atoms with E-state index in [4.69, 9.17) is 14.2 Å². The Bertz CT molecular complexity index is 1670. The molecular weight excluding hydrogens is 901 g/mol. The van der Waals surface area contributed by atoms with E-state index in [-0.39, 0.29) is 31.1 Å². The molecule has 0 aliphatic rings. The Morgan fingerprint density at radius 1 is 0.288 bits per heavy atom. The van der Waals surface area contributed by atoms with Gasteiger partial charge in [-0.2, -0.15) is 0 Å². The zero-order valence-corrected chi connectivity index (χ0v) is 46.6. The molecule has 1 unspecified atom stereocenters. The molecule has 6 heteroatoms. The highest BCUT2D eigenvalue weighted by atomic mass is 16.6. The molecule has 0 aliphatic heterocycles. The van der Waals surface area contributed by atoms with Crippen LogP contribution in [0.3, 0.4) is 0 Å². The Morgan fingerprint density at radius 2 is 0.534 bits per heavy atom. The topological polar surface area (TPSA) is 78.9 Å². The van der Waals surface area contributed by atoms with Gasteiger partial charge >= 0.3 is 17.9 Å². The second-order valence-electron chi connectivity index (χ2n) is 18.4. The van der Waals surface area contributed by atoms with Gasteiger partial charge in [0, 0.05) is 19.3 Å². The number of unbranched alkanes of at least 4 members (excludes halogenated alkanes) is 13. The zero-order valence-electron chi connectivity index (χ0n) is 46.6. The Morgan fingerprint density at radius 3 is 0.863 bits per heavy atom. The van der Waals surface area contributed by atoms with E-state index in [1.54, 1.807) is 0 Å². The van der Waals surface area contributed by atoms with Crippen molar-refractivity contribution in [3.05, 3.63) is 158 Å². The largest absolute Gasteiger partial charge is 0.462 e. The van der Waals surface area contributed by atoms with Crippen LogP contribution in [0.5, 0.6) is 0 Å². The molecule has 0 amide bonds. The normalized spacial score (nSPS) is 13.3. The lowest BCUT2D eigenvalue weighted by molar-refractivity contribution is -0.167. The van der Waals surface area contributed by atoms with Gasteiger partial charge in [0.05, 0.1) is 0 Å². The first-order chi connectivity index (χ1) is 36.0. The number of esters is 3. The monoisotopic (exact) mass is 1000 g/mol. The molecule has 0 bridgehead atoms. The van der Waals surface area contributed by atoms with Crippen LogP contribution in [0.2, 0.25) is 0 Å². The third kappa shape index (κ3) is 57.8. The Labute approximate surface area is 448 Å². The van der Waals surface area contributed by atoms with Crippen molar-refractivity contribution in [3.63, 3.8) is 0 Å². The zero-order chi connectivity index (χ0) is 52.9. The van der Waals surface area contributed by atoms with E-state index >= 15 is 0 Å². The Hall–Kier alpha value is -4.97. The summed E-state index contributed by atoms with van der Waals surface area (Å²) < 4.78 is 16.7. The average molecular weight is 1010 g/mol. The molecule has 0 saturated heterocycles. The maximum absolute atomic E-state index is 12.8. The average Bonchev–Trinajstić information content (AvgIpc) is 3.39. The number of carbonyl (C=O) groups is 3. The Kier molecular flexibility index (Phi) is 55.5. The molecule has 0 aromatic rings. The lowest BCUT2D eigenvalue weighted by Crippen LogP contribution is -2.30. The molecule has 0 heterocycles. The summed E-state index contributed by atoms with van der Waals surface area (Å²) >= 11 is 0. The molecule has 73 heavy (non-hydrogen) atoms. The summed E-state index contributed by atoms with van der Waals surface area (Å²) in [6, 6.07) is 0. The van der Waals surface area contributed by atoms with Crippen LogP contribution in [0.25, 0.3) is 0 Å². The highest BCUT2D eigenvalue weighted by Crippen LogP contribution is 2.13. The van der Waals surface area contributed by atoms with E-state index < -0.39 is 6.10 Å². The van der Waals surface area contributed by atoms with Crippen molar-refractivity contribution in [3.8, 4) is 0 Å². The standard InChI is InChI=1S/C67H104O6/c1-4-7-10-13-15-17-19-21-23-25-27-29-31-32-33-34-36-37-39-41-43-45-47-49-51-54-57-60-66(69)72-63-64(62-71-65(68)59-56-53-12-9-6-3)73-67(70)61-58-55-52-50-48-46-44-42-40-38-35-30-28-26-24-22-20-18-16-14-11-8-5-2/h7-8,10-11,15-18,21-24,27-30,32-33,36-38,40-41,43,47,49,64H,4-6,9,12-14,19-20,25-26,31,34-35,39,42,44-46,48,50-63H2,1-3H3/b10-7-,11-8-,17-15-,18-16-,23-21-,24-22-,29-27-,30-28-,33-32-,37-36-,40-38-,43-41-,49-47-. The van der Waals surface area contributed by atoms with E-state index in [9.17, 15) is 14.4 Å². The molecule has 0 aromatic heterocycles. The minimum atomic E-state index is -0.807. The van der Waals surface area contributed by atoms with E-state index in [0.717, 1.165) is 161 Å². The van der Waals surface area contributed by atoms with Crippen LogP contribution in [0.15, 0.2) is 158 Å². The van der Waals surface area contributed by atoms with Gasteiger partial charge in [0.25, 0.3) is 0 Å². The van der Waals surface area contributed by atoms with Gasteiger partial charge in [0.1, 0.15) is 13.2 Å². The van der Waals surface area contributed by atoms with E-state index in [1.807, 2.05) is 0 Å². The highest BCUT2D eigenvalue weighted by molar-refractivity contribution is 5.71. The highest BCUT2D eigenvalue weighted by Gasteiger charge is 2.19. The molecule has 0 aromatic carbocycles. The smallest absolute Gasteiger partial charge is 0.306 e. The molecule has 0 radical (unpaired) electrons. The van der Waals surface area contributed by atoms with Crippen LogP contribution in [0, 0.1) is 0 Å². The van der Waals surface area contributed by atoms with Gasteiger partial charge in [0.2, 0.25) is 0 Å². The number of ether oxygens (including phenoxy) is 3. The SMILES string of the molecule is CC/C=C\C/C=C\C/C=C\C/C=C\C/C=C\C/C=C\C/C=C\C/C=C\CCCCC(=O)OCC(COC(=O)CCCCCCC)OC(=O)CCCCCCCCC/C=C\C/C=C\C/C=C\C/C=C\C/C=C\CC. The second kappa shape index (κ2) is 59.6. The molecule has 0 fully saturated rings. The van der Waals surface area contributed by atoms with Crippen molar-refractivity contribution >= 4 is 17.9 Å². The number of allylic oxidation sites excluding steroid dienone is 26. The third-order valence-corrected chi connectivity index (χ3v) is 11.5. The van der Waals surface area contributed by atoms with Crippen LogP contribution in [-0.2, 0) is 28.6 Å². The minimum absolute atomic E-state index is 0.104. The van der Waals surface area contributed by atoms with Gasteiger partial charge in [-0.15, -0.1) is 0 Å². The summed E-state index contributed by atoms with van der Waals surface area (Å²) in [6.07, 6.45) is 87.1. The summed E-state index contributed by atoms with van der Waals surface area (Å²) in [5.41, 5.74) is 0. The first-order valence-corrected chi connectivity index (χ1v) is 29.0. The van der Waals surface area contributed by atoms with Crippen molar-refractivity contribution in [2.24, 2.45) is 0 Å². The van der Waals surface area contributed by atoms with Gasteiger partial charge in [-0.1, -0.05) is 237 Å². The van der Waals surface area contributed by atoms with Crippen molar-refractivity contribution < 1.29 is 28.6 Å². The van der Waals surface area contributed by atoms with Gasteiger partial charge in [-0.25, -0.2) is 0 Å². The van der Waals surface area contributed by atoms with Gasteiger partial charge in [-0.3, -0.25) is 14.4 Å². The van der Waals surface area contributed by atoms with Crippen LogP contribution >= 0.6 is 0 Å². The van der Waals surface area contributed by atoms with Gasteiger partial charge in [0.15, 0.2) is 6.10 Å². The fourth-order valence-corrected chi connectivity index (χ4v) is 7.25. The van der Waals surface area contributed by atoms with Gasteiger partial charge < -0.3 is 14.2 Å². The van der Waals surface area contributed by atoms with Crippen molar-refractivity contribution in [2.45, 2.75) is 232 Å². The maximum atomic E-state index is 12.8. The summed E-state index contributed by atoms with van der Waals surface area (Å²) in [6.45, 7) is 6.26. The molecule has 6 nitrogen and oxygen atoms in total. The van der Waals surface area contributed by atoms with Crippen LogP contribution in [0.1, 0.15) is 226 Å². The van der Waals surface area contributed by atoms with Crippen LogP contribution < -0.4 is 0 Å². The van der Waals surface area contributed by atoms with Crippen molar-refractivity contribution in [2.75, 3.05) is 13.2 Å². The molecule has 1 atom stereocenters. The minimum Gasteiger partial charge on any atom is -0.462 e. The Balaban J connectivity index is 4.26. The predicted molar refractivity (Wildman–Crippen MR) is 315 cm³/mol. The quantitative estimate of drug-likeness (QED) is 0.0261. The number of hydrogen-bond acceptors (Lipinski definition) is 6. The molecule has 0 aliphatic carbocycles. The summed E-state index contributed by atoms with van der Waals surface area (Å²) in [5, 5.41) is 0.